The summed E-state index contributed by atoms with van der Waals surface area (Å²) in [5, 5.41) is 11.9. The maximum absolute atomic E-state index is 12.2. The smallest absolute Gasteiger partial charge is 0.323 e. The van der Waals surface area contributed by atoms with Gasteiger partial charge in [-0.25, -0.2) is 4.79 Å². The molecule has 0 heterocycles. The fourth-order valence-corrected chi connectivity index (χ4v) is 2.63. The van der Waals surface area contributed by atoms with E-state index in [4.69, 9.17) is 5.11 Å². The maximum atomic E-state index is 12.2. The van der Waals surface area contributed by atoms with Crippen molar-refractivity contribution in [3.63, 3.8) is 0 Å². The van der Waals surface area contributed by atoms with Crippen molar-refractivity contribution in [2.75, 3.05) is 6.54 Å². The number of hydrogen-bond donors (Lipinski definition) is 2. The van der Waals surface area contributed by atoms with Gasteiger partial charge in [-0.3, -0.25) is 4.79 Å². The lowest BCUT2D eigenvalue weighted by Gasteiger charge is -2.40. The summed E-state index contributed by atoms with van der Waals surface area (Å²) >= 11 is 0. The molecule has 1 fully saturated rings. The summed E-state index contributed by atoms with van der Waals surface area (Å²) in [4.78, 5) is 24.4. The van der Waals surface area contributed by atoms with E-state index in [0.717, 1.165) is 19.3 Å². The predicted octanol–water partition coefficient (Wildman–Crippen LogP) is 2.46. The van der Waals surface area contributed by atoms with Gasteiger partial charge in [0.1, 0.15) is 6.54 Å². The molecule has 0 radical (unpaired) electrons. The maximum Gasteiger partial charge on any atom is 0.323 e. The van der Waals surface area contributed by atoms with Crippen molar-refractivity contribution in [2.45, 2.75) is 65.5 Å². The number of carboxylic acid groups (broad SMARTS) is 1. The van der Waals surface area contributed by atoms with Gasteiger partial charge in [-0.2, -0.15) is 0 Å². The van der Waals surface area contributed by atoms with E-state index in [9.17, 15) is 9.59 Å². The zero-order valence-electron chi connectivity index (χ0n) is 12.4. The molecule has 0 aromatic rings. The van der Waals surface area contributed by atoms with Gasteiger partial charge in [0.05, 0.1) is 0 Å². The Labute approximate surface area is 115 Å². The molecule has 1 aliphatic rings. The Morgan fingerprint density at radius 1 is 1.37 bits per heavy atom. The van der Waals surface area contributed by atoms with Crippen LogP contribution in [0.1, 0.15) is 53.4 Å². The predicted molar refractivity (Wildman–Crippen MR) is 74.0 cm³/mol. The molecule has 5 nitrogen and oxygen atoms in total. The van der Waals surface area contributed by atoms with Crippen LogP contribution in [-0.4, -0.2) is 40.6 Å². The second-order valence-electron chi connectivity index (χ2n) is 6.35. The fraction of sp³-hybridized carbons (Fsp3) is 0.857. The first-order chi connectivity index (χ1) is 8.74. The van der Waals surface area contributed by atoms with E-state index in [1.165, 1.54) is 11.3 Å². The van der Waals surface area contributed by atoms with Crippen molar-refractivity contribution < 1.29 is 14.7 Å². The van der Waals surface area contributed by atoms with Crippen molar-refractivity contribution >= 4 is 12.0 Å². The van der Waals surface area contributed by atoms with Crippen molar-refractivity contribution in [2.24, 2.45) is 5.41 Å². The van der Waals surface area contributed by atoms with Gasteiger partial charge in [-0.15, -0.1) is 0 Å². The Morgan fingerprint density at radius 3 is 2.47 bits per heavy atom. The number of amides is 2. The highest BCUT2D eigenvalue weighted by molar-refractivity contribution is 5.80. The van der Waals surface area contributed by atoms with Gasteiger partial charge in [0, 0.05) is 12.1 Å². The number of carbonyl (C=O) groups excluding carboxylic acids is 1. The zero-order chi connectivity index (χ0) is 14.6. The number of nitrogens with one attached hydrogen (secondary N) is 1. The summed E-state index contributed by atoms with van der Waals surface area (Å²) in [6.45, 7) is 7.72. The van der Waals surface area contributed by atoms with Crippen LogP contribution in [0.3, 0.4) is 0 Å². The molecule has 0 aliphatic heterocycles. The summed E-state index contributed by atoms with van der Waals surface area (Å²) in [7, 11) is 0. The molecule has 1 saturated carbocycles. The molecular weight excluding hydrogens is 244 g/mol. The highest BCUT2D eigenvalue weighted by Crippen LogP contribution is 2.35. The van der Waals surface area contributed by atoms with Crippen LogP contribution in [0.25, 0.3) is 0 Å². The number of nitrogens with zero attached hydrogens (tertiary/aromatic N) is 1. The van der Waals surface area contributed by atoms with Crippen LogP contribution in [-0.2, 0) is 4.79 Å². The lowest BCUT2D eigenvalue weighted by atomic mass is 9.73. The number of rotatable bonds is 4. The topological polar surface area (TPSA) is 69.6 Å². The van der Waals surface area contributed by atoms with E-state index in [1.807, 2.05) is 13.8 Å². The highest BCUT2D eigenvalue weighted by atomic mass is 16.4. The third-order valence-corrected chi connectivity index (χ3v) is 3.99. The first-order valence-electron chi connectivity index (χ1n) is 7.03. The number of carbonyl (C=O) groups is 2. The van der Waals surface area contributed by atoms with Crippen LogP contribution < -0.4 is 5.32 Å². The summed E-state index contributed by atoms with van der Waals surface area (Å²) in [5.74, 6) is -0.980. The van der Waals surface area contributed by atoms with Crippen LogP contribution in [0.4, 0.5) is 4.79 Å². The van der Waals surface area contributed by atoms with Crippen molar-refractivity contribution in [3.05, 3.63) is 0 Å². The second kappa shape index (κ2) is 6.26. The molecule has 2 amide bonds. The van der Waals surface area contributed by atoms with Crippen molar-refractivity contribution in [1.29, 1.82) is 0 Å². The van der Waals surface area contributed by atoms with E-state index >= 15 is 0 Å². The second-order valence-corrected chi connectivity index (χ2v) is 6.35. The van der Waals surface area contributed by atoms with Crippen molar-refractivity contribution in [3.8, 4) is 0 Å². The van der Waals surface area contributed by atoms with E-state index in [0.29, 0.717) is 0 Å². The van der Waals surface area contributed by atoms with Crippen LogP contribution in [0.15, 0.2) is 0 Å². The molecule has 2 N–H and O–H groups in total. The molecule has 1 rings (SSSR count). The van der Waals surface area contributed by atoms with Crippen LogP contribution in [0.5, 0.6) is 0 Å². The minimum absolute atomic E-state index is 0.0831. The lowest BCUT2D eigenvalue weighted by Crippen LogP contribution is -2.54. The molecular formula is C14H26N2O3. The Bertz CT molecular complexity index is 340. The Hall–Kier alpha value is -1.26. The lowest BCUT2D eigenvalue weighted by molar-refractivity contribution is -0.138. The molecule has 0 aromatic heterocycles. The first kappa shape index (κ1) is 15.8. The van der Waals surface area contributed by atoms with Gasteiger partial charge in [0.2, 0.25) is 0 Å². The standard InChI is InChI=1S/C14H26N2O3/c1-10(2)16(9-12(17)18)13(19)15-11-7-5-6-8-14(11,3)4/h10-11H,5-9H2,1-4H3,(H,15,19)(H,17,18). The molecule has 5 heteroatoms. The fourth-order valence-electron chi connectivity index (χ4n) is 2.63. The Morgan fingerprint density at radius 2 is 2.00 bits per heavy atom. The van der Waals surface area contributed by atoms with Crippen LogP contribution in [0.2, 0.25) is 0 Å². The molecule has 0 spiro atoms. The Kier molecular flexibility index (Phi) is 5.20. The first-order valence-corrected chi connectivity index (χ1v) is 7.03. The van der Waals surface area contributed by atoms with Gasteiger partial charge in [0.15, 0.2) is 0 Å². The molecule has 1 aliphatic carbocycles. The van der Waals surface area contributed by atoms with Gasteiger partial charge >= 0.3 is 12.0 Å². The van der Waals surface area contributed by atoms with Crippen LogP contribution in [0, 0.1) is 5.41 Å². The summed E-state index contributed by atoms with van der Waals surface area (Å²) in [6, 6.07) is -0.260. The minimum Gasteiger partial charge on any atom is -0.480 e. The highest BCUT2D eigenvalue weighted by Gasteiger charge is 2.34. The Balaban J connectivity index is 2.67. The van der Waals surface area contributed by atoms with E-state index in [-0.39, 0.29) is 30.1 Å². The largest absolute Gasteiger partial charge is 0.480 e. The average molecular weight is 270 g/mol. The third kappa shape index (κ3) is 4.40. The summed E-state index contributed by atoms with van der Waals surface area (Å²) in [5.41, 5.74) is 0.0831. The normalized spacial score (nSPS) is 22.1. The number of urea groups is 1. The zero-order valence-corrected chi connectivity index (χ0v) is 12.4. The van der Waals surface area contributed by atoms with E-state index < -0.39 is 5.97 Å². The SMILES string of the molecule is CC(C)N(CC(=O)O)C(=O)NC1CCCCC1(C)C. The molecule has 110 valence electrons. The molecule has 0 bridgehead atoms. The van der Waals surface area contributed by atoms with Crippen molar-refractivity contribution in [1.82, 2.24) is 10.2 Å². The molecule has 0 saturated heterocycles. The summed E-state index contributed by atoms with van der Waals surface area (Å²) in [6.07, 6.45) is 4.38. The minimum atomic E-state index is -0.980. The quantitative estimate of drug-likeness (QED) is 0.824. The van der Waals surface area contributed by atoms with Gasteiger partial charge < -0.3 is 15.3 Å². The molecule has 19 heavy (non-hydrogen) atoms. The van der Waals surface area contributed by atoms with E-state index in [1.54, 1.807) is 0 Å². The van der Waals surface area contributed by atoms with Gasteiger partial charge in [-0.05, 0) is 32.1 Å². The van der Waals surface area contributed by atoms with Gasteiger partial charge in [0.25, 0.3) is 0 Å². The molecule has 1 atom stereocenters. The number of aliphatic carboxylic acids is 1. The van der Waals surface area contributed by atoms with Gasteiger partial charge in [-0.1, -0.05) is 26.7 Å². The summed E-state index contributed by atoms with van der Waals surface area (Å²) < 4.78 is 0. The molecule has 1 unspecified atom stereocenters. The number of carboxylic acids is 1. The molecule has 0 aromatic carbocycles. The van der Waals surface area contributed by atoms with Crippen LogP contribution >= 0.6 is 0 Å². The van der Waals surface area contributed by atoms with E-state index in [2.05, 4.69) is 19.2 Å². The average Bonchev–Trinajstić information content (AvgIpc) is 2.28. The monoisotopic (exact) mass is 270 g/mol. The number of hydrogen-bond acceptors (Lipinski definition) is 2. The third-order valence-electron chi connectivity index (χ3n) is 3.99.